The van der Waals surface area contributed by atoms with Crippen LogP contribution in [0.3, 0.4) is 0 Å². The molecule has 0 aliphatic heterocycles. The first-order valence-electron chi connectivity index (χ1n) is 11.0. The molecule has 0 aliphatic carbocycles. The SMILES string of the molecule is CCCCC[C@H](NC(=O)OCc1ccccc1)P(=O)(O)O[C@H](C(=O)O)c1cccc(N=C(N)N)c1. The Hall–Kier alpha value is -3.40. The van der Waals surface area contributed by atoms with Crippen LogP contribution in [0.1, 0.15) is 49.8 Å². The van der Waals surface area contributed by atoms with Gasteiger partial charge < -0.3 is 31.5 Å². The number of alkyl carbamates (subject to hydrolysis) is 1. The largest absolute Gasteiger partial charge is 0.479 e. The highest BCUT2D eigenvalue weighted by atomic mass is 31.2. The first kappa shape index (κ1) is 27.8. The Kier molecular flexibility index (Phi) is 10.7. The molecule has 2 aromatic rings. The van der Waals surface area contributed by atoms with Crippen LogP contribution >= 0.6 is 7.60 Å². The van der Waals surface area contributed by atoms with E-state index in [1.165, 1.54) is 24.3 Å². The molecular formula is C23H31N4O7P. The fraction of sp³-hybridized carbons (Fsp3) is 0.348. The number of nitrogens with two attached hydrogens (primary N) is 2. The van der Waals surface area contributed by atoms with E-state index < -0.39 is 31.5 Å². The van der Waals surface area contributed by atoms with Crippen LogP contribution in [0.5, 0.6) is 0 Å². The summed E-state index contributed by atoms with van der Waals surface area (Å²) in [5.41, 5.74) is 11.8. The van der Waals surface area contributed by atoms with E-state index in [1.807, 2.05) is 13.0 Å². The molecule has 7 N–H and O–H groups in total. The number of aliphatic imine (C=N–C) groups is 1. The zero-order valence-corrected chi connectivity index (χ0v) is 20.3. The van der Waals surface area contributed by atoms with E-state index in [9.17, 15) is 24.2 Å². The van der Waals surface area contributed by atoms with Gasteiger partial charge in [-0.15, -0.1) is 0 Å². The van der Waals surface area contributed by atoms with Crippen molar-refractivity contribution in [1.82, 2.24) is 5.32 Å². The summed E-state index contributed by atoms with van der Waals surface area (Å²) in [6.07, 6.45) is -0.573. The number of carboxylic acid groups (broad SMARTS) is 1. The summed E-state index contributed by atoms with van der Waals surface area (Å²) in [7, 11) is -4.69. The van der Waals surface area contributed by atoms with Gasteiger partial charge in [0.25, 0.3) is 0 Å². The van der Waals surface area contributed by atoms with E-state index in [4.69, 9.17) is 20.7 Å². The number of carbonyl (C=O) groups is 2. The van der Waals surface area contributed by atoms with Gasteiger partial charge in [0.05, 0.1) is 5.69 Å². The van der Waals surface area contributed by atoms with Gasteiger partial charge in [0, 0.05) is 0 Å². The zero-order valence-electron chi connectivity index (χ0n) is 19.4. The third-order valence-electron chi connectivity index (χ3n) is 4.88. The lowest BCUT2D eigenvalue weighted by Gasteiger charge is -2.26. The minimum atomic E-state index is -4.69. The van der Waals surface area contributed by atoms with Crippen molar-refractivity contribution in [2.75, 3.05) is 0 Å². The minimum absolute atomic E-state index is 0.0414. The number of nitrogens with one attached hydrogen (secondary N) is 1. The maximum atomic E-state index is 13.2. The Balaban J connectivity index is 2.20. The third kappa shape index (κ3) is 9.40. The molecule has 0 aromatic heterocycles. The lowest BCUT2D eigenvalue weighted by atomic mass is 10.1. The molecule has 12 heteroatoms. The summed E-state index contributed by atoms with van der Waals surface area (Å²) >= 11 is 0. The summed E-state index contributed by atoms with van der Waals surface area (Å²) in [4.78, 5) is 38.9. The second kappa shape index (κ2) is 13.5. The number of unbranched alkanes of at least 4 members (excludes halogenated alkanes) is 2. The Morgan fingerprint density at radius 3 is 2.46 bits per heavy atom. The quantitative estimate of drug-likeness (QED) is 0.117. The second-order valence-electron chi connectivity index (χ2n) is 7.74. The maximum absolute atomic E-state index is 13.2. The van der Waals surface area contributed by atoms with E-state index in [2.05, 4.69) is 10.3 Å². The standard InChI is InChI=1S/C23H31N4O7P/c1-2-3-5-13-19(27-23(30)33-15-16-9-6-4-7-10-16)35(31,32)34-20(21(28)29)17-11-8-12-18(14-17)26-22(24)25/h4,6-12,14,19-20H,2-3,5,13,15H2,1H3,(H,27,30)(H,28,29)(H,31,32)(H4,24,25,26)/t19-,20+/m1/s1. The molecule has 0 aliphatic rings. The van der Waals surface area contributed by atoms with Gasteiger partial charge >= 0.3 is 19.7 Å². The smallest absolute Gasteiger partial charge is 0.408 e. The fourth-order valence-electron chi connectivity index (χ4n) is 3.18. The summed E-state index contributed by atoms with van der Waals surface area (Å²) in [6, 6.07) is 14.7. The molecule has 0 bridgehead atoms. The van der Waals surface area contributed by atoms with Crippen molar-refractivity contribution >= 4 is 31.3 Å². The Morgan fingerprint density at radius 1 is 1.11 bits per heavy atom. The lowest BCUT2D eigenvalue weighted by Crippen LogP contribution is -2.36. The van der Waals surface area contributed by atoms with Gasteiger partial charge in [-0.3, -0.25) is 9.09 Å². The molecule has 0 heterocycles. The van der Waals surface area contributed by atoms with Crippen molar-refractivity contribution in [2.24, 2.45) is 16.5 Å². The summed E-state index contributed by atoms with van der Waals surface area (Å²) in [6.45, 7) is 1.91. The van der Waals surface area contributed by atoms with Gasteiger partial charge in [-0.25, -0.2) is 14.6 Å². The Bertz CT molecular complexity index is 1060. The molecule has 11 nitrogen and oxygen atoms in total. The molecule has 0 radical (unpaired) electrons. The van der Waals surface area contributed by atoms with Crippen LogP contribution in [0.4, 0.5) is 10.5 Å². The van der Waals surface area contributed by atoms with Crippen LogP contribution in [0.25, 0.3) is 0 Å². The van der Waals surface area contributed by atoms with Crippen LogP contribution in [-0.4, -0.2) is 33.8 Å². The molecule has 2 rings (SSSR count). The van der Waals surface area contributed by atoms with Crippen LogP contribution in [-0.2, 0) is 25.2 Å². The molecule has 35 heavy (non-hydrogen) atoms. The average Bonchev–Trinajstić information content (AvgIpc) is 2.81. The molecule has 190 valence electrons. The number of carboxylic acids is 1. The molecule has 1 unspecified atom stereocenters. The maximum Gasteiger partial charge on any atom is 0.408 e. The van der Waals surface area contributed by atoms with E-state index in [0.29, 0.717) is 6.42 Å². The van der Waals surface area contributed by atoms with Crippen molar-refractivity contribution < 1.29 is 33.4 Å². The highest BCUT2D eigenvalue weighted by Gasteiger charge is 2.39. The van der Waals surface area contributed by atoms with Gasteiger partial charge in [-0.05, 0) is 29.7 Å². The number of amides is 1. The van der Waals surface area contributed by atoms with Gasteiger partial charge in [0.1, 0.15) is 12.4 Å². The van der Waals surface area contributed by atoms with Gasteiger partial charge in [0.15, 0.2) is 12.1 Å². The van der Waals surface area contributed by atoms with Gasteiger partial charge in [0.2, 0.25) is 0 Å². The van der Waals surface area contributed by atoms with Crippen molar-refractivity contribution in [1.29, 1.82) is 0 Å². The van der Waals surface area contributed by atoms with Crippen LogP contribution in [0, 0.1) is 0 Å². The normalized spacial score (nSPS) is 14.2. The topological polar surface area (TPSA) is 187 Å². The number of guanidine groups is 1. The molecular weight excluding hydrogens is 475 g/mol. The van der Waals surface area contributed by atoms with Crippen LogP contribution in [0.2, 0.25) is 0 Å². The molecule has 0 saturated carbocycles. The van der Waals surface area contributed by atoms with Gasteiger partial charge in [-0.2, -0.15) is 0 Å². The number of aliphatic carboxylic acids is 1. The number of hydrogen-bond acceptors (Lipinski definition) is 6. The zero-order chi connectivity index (χ0) is 25.8. The third-order valence-corrected chi connectivity index (χ3v) is 6.57. The summed E-state index contributed by atoms with van der Waals surface area (Å²) < 4.78 is 23.6. The van der Waals surface area contributed by atoms with Crippen LogP contribution < -0.4 is 16.8 Å². The van der Waals surface area contributed by atoms with Crippen LogP contribution in [0.15, 0.2) is 59.6 Å². The highest BCUT2D eigenvalue weighted by Crippen LogP contribution is 2.52. The molecule has 3 atom stereocenters. The van der Waals surface area contributed by atoms with E-state index in [-0.39, 0.29) is 30.2 Å². The number of rotatable bonds is 13. The predicted molar refractivity (Wildman–Crippen MR) is 131 cm³/mol. The fourth-order valence-corrected chi connectivity index (χ4v) is 4.62. The Labute approximate surface area is 203 Å². The number of ether oxygens (including phenoxy) is 1. The highest BCUT2D eigenvalue weighted by molar-refractivity contribution is 7.53. The average molecular weight is 506 g/mol. The Morgan fingerprint density at radius 2 is 1.83 bits per heavy atom. The number of hydrogen-bond donors (Lipinski definition) is 5. The molecule has 0 saturated heterocycles. The van der Waals surface area contributed by atoms with Crippen molar-refractivity contribution in [2.45, 2.75) is 51.1 Å². The first-order valence-corrected chi connectivity index (χ1v) is 12.7. The van der Waals surface area contributed by atoms with Crippen molar-refractivity contribution in [3.63, 3.8) is 0 Å². The van der Waals surface area contributed by atoms with E-state index >= 15 is 0 Å². The first-order chi connectivity index (χ1) is 16.6. The number of carbonyl (C=O) groups excluding carboxylic acids is 1. The molecule has 1 amide bonds. The van der Waals surface area contributed by atoms with Crippen molar-refractivity contribution in [3.8, 4) is 0 Å². The number of benzene rings is 2. The summed E-state index contributed by atoms with van der Waals surface area (Å²) in [5.74, 6) is -3.11. The predicted octanol–water partition coefficient (Wildman–Crippen LogP) is 3.75. The number of nitrogens with zero attached hydrogens (tertiary/aromatic N) is 1. The van der Waals surface area contributed by atoms with Crippen molar-refractivity contribution in [3.05, 3.63) is 65.7 Å². The monoisotopic (exact) mass is 506 g/mol. The minimum Gasteiger partial charge on any atom is -0.479 e. The molecule has 0 spiro atoms. The van der Waals surface area contributed by atoms with E-state index in [0.717, 1.165) is 18.4 Å². The molecule has 0 fully saturated rings. The lowest BCUT2D eigenvalue weighted by molar-refractivity contribution is -0.145. The molecule has 2 aromatic carbocycles. The second-order valence-corrected chi connectivity index (χ2v) is 9.70. The van der Waals surface area contributed by atoms with Gasteiger partial charge in [-0.1, -0.05) is 68.7 Å². The van der Waals surface area contributed by atoms with E-state index in [1.54, 1.807) is 24.3 Å². The summed E-state index contributed by atoms with van der Waals surface area (Å²) in [5, 5.41) is 12.1.